The molecule has 0 aliphatic heterocycles. The van der Waals surface area contributed by atoms with E-state index in [4.69, 9.17) is 56.9 Å². The molecular formula is C24H16Cl4N4O4-2. The van der Waals surface area contributed by atoms with E-state index >= 15 is 0 Å². The van der Waals surface area contributed by atoms with Crippen LogP contribution in [0.3, 0.4) is 0 Å². The molecule has 36 heavy (non-hydrogen) atoms. The molecule has 0 spiro atoms. The largest absolute Gasteiger partial charge is 0.733 e. The second-order valence-electron chi connectivity index (χ2n) is 7.59. The van der Waals surface area contributed by atoms with Crippen molar-refractivity contribution in [2.45, 2.75) is 21.5 Å². The first-order valence-corrected chi connectivity index (χ1v) is 11.9. The summed E-state index contributed by atoms with van der Waals surface area (Å²) >= 11 is 26.4. The molecule has 2 N–H and O–H groups in total. The van der Waals surface area contributed by atoms with Crippen molar-refractivity contribution in [1.82, 2.24) is 0 Å². The highest BCUT2D eigenvalue weighted by Crippen LogP contribution is 2.46. The first-order chi connectivity index (χ1) is 17.1. The molecule has 0 aromatic heterocycles. The van der Waals surface area contributed by atoms with E-state index in [1.165, 1.54) is 36.4 Å². The molecule has 4 atom stereocenters. The fourth-order valence-electron chi connectivity index (χ4n) is 3.58. The third kappa shape index (κ3) is 5.96. The van der Waals surface area contributed by atoms with Crippen LogP contribution >= 0.6 is 46.4 Å². The van der Waals surface area contributed by atoms with Crippen LogP contribution in [0.15, 0.2) is 60.7 Å². The maximum Gasteiger partial charge on any atom is 0.0992 e. The van der Waals surface area contributed by atoms with E-state index in [-0.39, 0.29) is 44.1 Å². The molecule has 0 amide bonds. The van der Waals surface area contributed by atoms with E-state index in [0.717, 1.165) is 0 Å². The first kappa shape index (κ1) is 27.8. The molecule has 3 aromatic carbocycles. The van der Waals surface area contributed by atoms with Gasteiger partial charge >= 0.3 is 0 Å². The number of hydrogen-bond acceptors (Lipinski definition) is 8. The monoisotopic (exact) mass is 564 g/mol. The SMILES string of the molecule is N#Cc1ccc([C@@H](Cl)[C@@H](Cl)c2cccc([C@@H](Cl)[C@@H](Cl)c3ccc(C#N)cc3N([O-])O)c2)c(N([O-])O)c1. The second-order valence-corrected chi connectivity index (χ2v) is 9.47. The summed E-state index contributed by atoms with van der Waals surface area (Å²) < 4.78 is 0. The lowest BCUT2D eigenvalue weighted by Crippen LogP contribution is -2.13. The Morgan fingerprint density at radius 1 is 0.639 bits per heavy atom. The van der Waals surface area contributed by atoms with E-state index in [0.29, 0.717) is 11.1 Å². The molecule has 0 saturated carbocycles. The lowest BCUT2D eigenvalue weighted by molar-refractivity contribution is 0.295. The van der Waals surface area contributed by atoms with Gasteiger partial charge in [-0.1, -0.05) is 36.4 Å². The zero-order chi connectivity index (χ0) is 26.6. The van der Waals surface area contributed by atoms with Gasteiger partial charge in [0.25, 0.3) is 0 Å². The second kappa shape index (κ2) is 12.0. The fraction of sp³-hybridized carbons (Fsp3) is 0.167. The van der Waals surface area contributed by atoms with Gasteiger partial charge in [0, 0.05) is 0 Å². The van der Waals surface area contributed by atoms with Gasteiger partial charge in [-0.15, -0.1) is 46.4 Å². The molecule has 3 rings (SSSR count). The minimum atomic E-state index is -0.984. The Kier molecular flexibility index (Phi) is 9.26. The van der Waals surface area contributed by atoms with Crippen molar-refractivity contribution in [1.29, 1.82) is 10.5 Å². The van der Waals surface area contributed by atoms with Crippen LogP contribution in [0.4, 0.5) is 11.4 Å². The van der Waals surface area contributed by atoms with Crippen LogP contribution in [0, 0.1) is 33.1 Å². The summed E-state index contributed by atoms with van der Waals surface area (Å²) in [6.07, 6.45) is 0. The number of nitriles is 2. The Morgan fingerprint density at radius 3 is 1.36 bits per heavy atom. The zero-order valence-electron chi connectivity index (χ0n) is 18.1. The molecule has 0 aliphatic carbocycles. The minimum absolute atomic E-state index is 0.153. The van der Waals surface area contributed by atoms with Crippen molar-refractivity contribution in [3.8, 4) is 12.1 Å². The van der Waals surface area contributed by atoms with Gasteiger partial charge in [0.15, 0.2) is 0 Å². The van der Waals surface area contributed by atoms with E-state index in [2.05, 4.69) is 0 Å². The minimum Gasteiger partial charge on any atom is -0.733 e. The predicted molar refractivity (Wildman–Crippen MR) is 138 cm³/mol. The molecule has 12 heteroatoms. The number of nitrogens with zero attached hydrogens (tertiary/aromatic N) is 4. The predicted octanol–water partition coefficient (Wildman–Crippen LogP) is 7.34. The van der Waals surface area contributed by atoms with Gasteiger partial charge in [0.05, 0.1) is 56.1 Å². The lowest BCUT2D eigenvalue weighted by atomic mass is 9.96. The average molecular weight is 566 g/mol. The van der Waals surface area contributed by atoms with Crippen LogP contribution < -0.4 is 10.5 Å². The van der Waals surface area contributed by atoms with Crippen LogP contribution in [-0.2, 0) is 0 Å². The molecule has 0 fully saturated rings. The highest BCUT2D eigenvalue weighted by atomic mass is 35.5. The highest BCUT2D eigenvalue weighted by Gasteiger charge is 2.27. The summed E-state index contributed by atoms with van der Waals surface area (Å²) in [5, 5.41) is 55.8. The van der Waals surface area contributed by atoms with Crippen molar-refractivity contribution in [2.75, 3.05) is 10.5 Å². The van der Waals surface area contributed by atoms with Crippen LogP contribution in [0.2, 0.25) is 0 Å². The van der Waals surface area contributed by atoms with Gasteiger partial charge < -0.3 is 20.9 Å². The average Bonchev–Trinajstić information content (AvgIpc) is 2.90. The topological polar surface area (TPSA) is 141 Å². The molecule has 3 aromatic rings. The summed E-state index contributed by atoms with van der Waals surface area (Å²) in [5.41, 5.74) is 1.32. The van der Waals surface area contributed by atoms with E-state index < -0.39 is 21.5 Å². The van der Waals surface area contributed by atoms with Gasteiger partial charge in [0.1, 0.15) is 0 Å². The van der Waals surface area contributed by atoms with Crippen molar-refractivity contribution >= 4 is 57.8 Å². The Bertz CT molecular complexity index is 1230. The standard InChI is InChI=1S/C24H16Cl4N4O4/c25-21(23(27)17-6-4-13(11-29)8-19(17)31(33)34)15-2-1-3-16(10-15)22(26)24(28)18-7-5-14(12-30)9-20(18)32(35)36/h1-10,21-24,33,35H/q-2/t21-,22+,23+,24-. The molecule has 0 heterocycles. The van der Waals surface area contributed by atoms with Crippen molar-refractivity contribution in [3.05, 3.63) is 104 Å². The molecule has 0 aliphatic rings. The van der Waals surface area contributed by atoms with Gasteiger partial charge in [0.2, 0.25) is 0 Å². The Hall–Kier alpha value is -2.76. The van der Waals surface area contributed by atoms with Crippen LogP contribution in [0.5, 0.6) is 0 Å². The Morgan fingerprint density at radius 2 is 1.03 bits per heavy atom. The third-order valence-corrected chi connectivity index (χ3v) is 7.63. The van der Waals surface area contributed by atoms with Crippen LogP contribution in [0.25, 0.3) is 0 Å². The first-order valence-electron chi connectivity index (χ1n) is 10.2. The third-order valence-electron chi connectivity index (χ3n) is 5.39. The molecule has 0 unspecified atom stereocenters. The zero-order valence-corrected chi connectivity index (χ0v) is 21.1. The number of alkyl halides is 4. The Balaban J connectivity index is 1.92. The van der Waals surface area contributed by atoms with Crippen molar-refractivity contribution in [3.63, 3.8) is 0 Å². The Labute approximate surface area is 226 Å². The maximum atomic E-state index is 11.6. The van der Waals surface area contributed by atoms with Crippen molar-refractivity contribution < 1.29 is 10.4 Å². The van der Waals surface area contributed by atoms with Crippen LogP contribution in [0.1, 0.15) is 54.9 Å². The van der Waals surface area contributed by atoms with E-state index in [1.807, 2.05) is 12.1 Å². The molecule has 0 radical (unpaired) electrons. The molecule has 8 nitrogen and oxygen atoms in total. The smallest absolute Gasteiger partial charge is 0.0992 e. The molecule has 0 saturated heterocycles. The number of rotatable bonds is 8. The van der Waals surface area contributed by atoms with E-state index in [1.54, 1.807) is 24.3 Å². The summed E-state index contributed by atoms with van der Waals surface area (Å²) in [5.74, 6) is 0. The van der Waals surface area contributed by atoms with Crippen LogP contribution in [-0.4, -0.2) is 10.4 Å². The normalized spacial score (nSPS) is 14.2. The van der Waals surface area contributed by atoms with Gasteiger partial charge in [-0.25, -0.2) is 0 Å². The van der Waals surface area contributed by atoms with Gasteiger partial charge in [-0.05, 0) is 46.5 Å². The molecular weight excluding hydrogens is 550 g/mol. The fourth-order valence-corrected chi connectivity index (χ4v) is 4.78. The maximum absolute atomic E-state index is 11.6. The summed E-state index contributed by atoms with van der Waals surface area (Å²) in [7, 11) is 0. The highest BCUT2D eigenvalue weighted by molar-refractivity contribution is 6.31. The number of benzene rings is 3. The summed E-state index contributed by atoms with van der Waals surface area (Å²) in [6, 6.07) is 18.6. The lowest BCUT2D eigenvalue weighted by Gasteiger charge is -2.29. The van der Waals surface area contributed by atoms with Gasteiger partial charge in [-0.3, -0.25) is 10.4 Å². The number of halogens is 4. The molecule has 186 valence electrons. The van der Waals surface area contributed by atoms with E-state index in [9.17, 15) is 20.8 Å². The van der Waals surface area contributed by atoms with Gasteiger partial charge in [-0.2, -0.15) is 10.5 Å². The summed E-state index contributed by atoms with van der Waals surface area (Å²) in [4.78, 5) is 0. The number of hydrogen-bond donors (Lipinski definition) is 2. The summed E-state index contributed by atoms with van der Waals surface area (Å²) in [6.45, 7) is 0. The number of anilines is 2. The molecule has 0 bridgehead atoms. The van der Waals surface area contributed by atoms with Crippen molar-refractivity contribution in [2.24, 2.45) is 0 Å². The quantitative estimate of drug-likeness (QED) is 0.213.